The van der Waals surface area contributed by atoms with E-state index in [2.05, 4.69) is 16.0 Å². The molecule has 0 bridgehead atoms. The van der Waals surface area contributed by atoms with Crippen molar-refractivity contribution in [1.82, 2.24) is 16.0 Å². The number of nitrogens with one attached hydrogen (secondary N) is 3. The number of methoxy groups -OCH3 is 1. The highest BCUT2D eigenvalue weighted by atomic mass is 19.1. The molecule has 0 saturated carbocycles. The fourth-order valence-electron chi connectivity index (χ4n) is 3.88. The third kappa shape index (κ3) is 10.2. The maximum atomic E-state index is 13.7. The summed E-state index contributed by atoms with van der Waals surface area (Å²) in [7, 11) is 1.41. The van der Waals surface area contributed by atoms with E-state index in [1.54, 1.807) is 13.0 Å². The fraction of sp³-hybridized carbons (Fsp3) is 0.464. The highest BCUT2D eigenvalue weighted by molar-refractivity contribution is 5.89. The third-order valence-corrected chi connectivity index (χ3v) is 5.89. The predicted octanol–water partition coefficient (Wildman–Crippen LogP) is 2.87. The number of rotatable bonds is 14. The largest absolute Gasteiger partial charge is 0.497 e. The first-order valence-electron chi connectivity index (χ1n) is 12.6. The molecule has 0 heterocycles. The number of hydrogen-bond donors (Lipinski definition) is 4. The molecule has 3 atom stereocenters. The SMILES string of the molecule is CCC(NC(=O)[C@H](CC(C)C)NC(=O)CCc1ccccc1)C(O)C(=O)NCc1cc(F)cc(OC)c1. The molecule has 37 heavy (non-hydrogen) atoms. The first kappa shape index (κ1) is 29.8. The van der Waals surface area contributed by atoms with Gasteiger partial charge >= 0.3 is 0 Å². The Morgan fingerprint density at radius 1 is 1.00 bits per heavy atom. The van der Waals surface area contributed by atoms with Crippen LogP contribution in [-0.4, -0.2) is 48.1 Å². The lowest BCUT2D eigenvalue weighted by Gasteiger charge is -2.26. The molecule has 4 N–H and O–H groups in total. The van der Waals surface area contributed by atoms with Gasteiger partial charge in [0.05, 0.1) is 13.2 Å². The second-order valence-corrected chi connectivity index (χ2v) is 9.42. The molecular formula is C28H38FN3O5. The van der Waals surface area contributed by atoms with E-state index in [-0.39, 0.29) is 31.2 Å². The molecule has 9 heteroatoms. The Balaban J connectivity index is 1.95. The summed E-state index contributed by atoms with van der Waals surface area (Å²) in [5.74, 6) is -1.49. The number of hydrogen-bond acceptors (Lipinski definition) is 5. The van der Waals surface area contributed by atoms with Gasteiger partial charge in [0.1, 0.15) is 17.6 Å². The number of aryl methyl sites for hydroxylation is 1. The summed E-state index contributed by atoms with van der Waals surface area (Å²) in [6, 6.07) is 12.0. The molecule has 0 fully saturated rings. The van der Waals surface area contributed by atoms with E-state index in [4.69, 9.17) is 4.74 Å². The van der Waals surface area contributed by atoms with E-state index in [0.717, 1.165) is 5.56 Å². The van der Waals surface area contributed by atoms with Crippen LogP contribution in [0.4, 0.5) is 4.39 Å². The third-order valence-electron chi connectivity index (χ3n) is 5.89. The molecule has 2 unspecified atom stereocenters. The normalized spacial score (nSPS) is 13.4. The number of aliphatic hydroxyl groups is 1. The Bertz CT molecular complexity index is 1030. The molecule has 0 aliphatic carbocycles. The average Bonchev–Trinajstić information content (AvgIpc) is 2.88. The molecule has 0 radical (unpaired) electrons. The number of carbonyl (C=O) groups excluding carboxylic acids is 3. The zero-order valence-corrected chi connectivity index (χ0v) is 21.9. The molecule has 2 aromatic carbocycles. The molecule has 0 aliphatic heterocycles. The van der Waals surface area contributed by atoms with E-state index >= 15 is 0 Å². The van der Waals surface area contributed by atoms with E-state index in [0.29, 0.717) is 24.2 Å². The molecule has 0 spiro atoms. The van der Waals surface area contributed by atoms with Gasteiger partial charge in [-0.05, 0) is 48.4 Å². The molecule has 202 valence electrons. The molecule has 0 aliphatic rings. The topological polar surface area (TPSA) is 117 Å². The van der Waals surface area contributed by atoms with Crippen molar-refractivity contribution >= 4 is 17.7 Å². The van der Waals surface area contributed by atoms with Crippen LogP contribution in [0.1, 0.15) is 51.2 Å². The highest BCUT2D eigenvalue weighted by Crippen LogP contribution is 2.16. The van der Waals surface area contributed by atoms with E-state index in [1.807, 2.05) is 44.2 Å². The molecule has 0 aromatic heterocycles. The summed E-state index contributed by atoms with van der Waals surface area (Å²) in [6.45, 7) is 5.59. The number of aliphatic hydroxyl groups excluding tert-OH is 1. The van der Waals surface area contributed by atoms with Crippen molar-refractivity contribution < 1.29 is 28.6 Å². The standard InChI is InChI=1S/C28H38FN3O5/c1-5-23(26(34)28(36)30-17-20-14-21(29)16-22(15-20)37-4)32-27(35)24(13-18(2)3)31-25(33)12-11-19-9-7-6-8-10-19/h6-10,14-16,18,23-24,26,34H,5,11-13,17H2,1-4H3,(H,30,36)(H,31,33)(H,32,35)/t23?,24-,26?/m0/s1. The number of ether oxygens (including phenoxy) is 1. The minimum atomic E-state index is -1.53. The number of amides is 3. The van der Waals surface area contributed by atoms with Crippen molar-refractivity contribution in [3.63, 3.8) is 0 Å². The molecule has 2 aromatic rings. The van der Waals surface area contributed by atoms with Crippen LogP contribution >= 0.6 is 0 Å². The summed E-state index contributed by atoms with van der Waals surface area (Å²) in [6.07, 6.45) is -0.0547. The summed E-state index contributed by atoms with van der Waals surface area (Å²) < 4.78 is 18.7. The molecule has 0 saturated heterocycles. The van der Waals surface area contributed by atoms with Crippen LogP contribution in [0.2, 0.25) is 0 Å². The van der Waals surface area contributed by atoms with Crippen molar-refractivity contribution in [2.24, 2.45) is 5.92 Å². The number of halogens is 1. The Morgan fingerprint density at radius 2 is 1.70 bits per heavy atom. The Morgan fingerprint density at radius 3 is 2.32 bits per heavy atom. The van der Waals surface area contributed by atoms with Crippen LogP contribution in [0.25, 0.3) is 0 Å². The van der Waals surface area contributed by atoms with Crippen LogP contribution < -0.4 is 20.7 Å². The maximum absolute atomic E-state index is 13.7. The minimum Gasteiger partial charge on any atom is -0.497 e. The maximum Gasteiger partial charge on any atom is 0.251 e. The van der Waals surface area contributed by atoms with Crippen molar-refractivity contribution in [3.05, 3.63) is 65.5 Å². The van der Waals surface area contributed by atoms with Crippen molar-refractivity contribution in [2.75, 3.05) is 7.11 Å². The van der Waals surface area contributed by atoms with Crippen LogP contribution in [0.5, 0.6) is 5.75 Å². The zero-order valence-electron chi connectivity index (χ0n) is 21.9. The number of benzene rings is 2. The molecule has 2 rings (SSSR count). The van der Waals surface area contributed by atoms with Gasteiger partial charge in [0.25, 0.3) is 5.91 Å². The van der Waals surface area contributed by atoms with Gasteiger partial charge in [0.2, 0.25) is 11.8 Å². The summed E-state index contributed by atoms with van der Waals surface area (Å²) >= 11 is 0. The van der Waals surface area contributed by atoms with Crippen LogP contribution in [0.3, 0.4) is 0 Å². The smallest absolute Gasteiger partial charge is 0.251 e. The molecule has 8 nitrogen and oxygen atoms in total. The van der Waals surface area contributed by atoms with Gasteiger partial charge in [-0.15, -0.1) is 0 Å². The van der Waals surface area contributed by atoms with E-state index in [9.17, 15) is 23.9 Å². The summed E-state index contributed by atoms with van der Waals surface area (Å²) in [4.78, 5) is 38.2. The Kier molecular flexibility index (Phi) is 12.0. The van der Waals surface area contributed by atoms with Crippen molar-refractivity contribution in [3.8, 4) is 5.75 Å². The number of carbonyl (C=O) groups is 3. The van der Waals surface area contributed by atoms with E-state index in [1.165, 1.54) is 19.2 Å². The van der Waals surface area contributed by atoms with Crippen LogP contribution in [-0.2, 0) is 27.3 Å². The second kappa shape index (κ2) is 14.9. The Hall–Kier alpha value is -3.46. The molecular weight excluding hydrogens is 477 g/mol. The van der Waals surface area contributed by atoms with Gasteiger partial charge in [-0.3, -0.25) is 14.4 Å². The zero-order chi connectivity index (χ0) is 27.4. The van der Waals surface area contributed by atoms with Crippen LogP contribution in [0, 0.1) is 11.7 Å². The first-order valence-corrected chi connectivity index (χ1v) is 12.6. The quantitative estimate of drug-likeness (QED) is 0.309. The van der Waals surface area contributed by atoms with Crippen molar-refractivity contribution in [1.29, 1.82) is 0 Å². The average molecular weight is 516 g/mol. The van der Waals surface area contributed by atoms with E-state index < -0.39 is 35.8 Å². The van der Waals surface area contributed by atoms with Crippen molar-refractivity contribution in [2.45, 2.75) is 71.2 Å². The molecule has 3 amide bonds. The van der Waals surface area contributed by atoms with Gasteiger partial charge in [0, 0.05) is 19.0 Å². The fourth-order valence-corrected chi connectivity index (χ4v) is 3.88. The Labute approximate surface area is 218 Å². The summed E-state index contributed by atoms with van der Waals surface area (Å²) in [5, 5.41) is 18.7. The lowest BCUT2D eigenvalue weighted by molar-refractivity contribution is -0.134. The predicted molar refractivity (Wildman–Crippen MR) is 139 cm³/mol. The lowest BCUT2D eigenvalue weighted by Crippen LogP contribution is -2.55. The highest BCUT2D eigenvalue weighted by Gasteiger charge is 2.30. The van der Waals surface area contributed by atoms with Gasteiger partial charge < -0.3 is 25.8 Å². The minimum absolute atomic E-state index is 0.0260. The van der Waals surface area contributed by atoms with Gasteiger partial charge in [-0.25, -0.2) is 4.39 Å². The van der Waals surface area contributed by atoms with Gasteiger partial charge in [-0.1, -0.05) is 51.1 Å². The van der Waals surface area contributed by atoms with Gasteiger partial charge in [-0.2, -0.15) is 0 Å². The summed E-state index contributed by atoms with van der Waals surface area (Å²) in [5.41, 5.74) is 1.49. The second-order valence-electron chi connectivity index (χ2n) is 9.42. The van der Waals surface area contributed by atoms with Crippen LogP contribution in [0.15, 0.2) is 48.5 Å². The van der Waals surface area contributed by atoms with Gasteiger partial charge in [0.15, 0.2) is 6.10 Å². The first-order chi connectivity index (χ1) is 17.6. The monoisotopic (exact) mass is 515 g/mol. The lowest BCUT2D eigenvalue weighted by atomic mass is 10.0.